The zero-order valence-electron chi connectivity index (χ0n) is 6.77. The second-order valence-corrected chi connectivity index (χ2v) is 3.32. The summed E-state index contributed by atoms with van der Waals surface area (Å²) in [6.07, 6.45) is -2.16. The fourth-order valence-electron chi connectivity index (χ4n) is 1.67. The Bertz CT molecular complexity index is 287. The number of hydrogen-bond acceptors (Lipinski definition) is 2. The van der Waals surface area contributed by atoms with E-state index in [0.29, 0.717) is 6.42 Å². The molecule has 1 aliphatic carbocycles. The quantitative estimate of drug-likeness (QED) is 0.682. The van der Waals surface area contributed by atoms with E-state index >= 15 is 0 Å². The molecule has 1 aromatic rings. The fourth-order valence-corrected chi connectivity index (χ4v) is 1.67. The molecule has 0 bridgehead atoms. The molecule has 0 aromatic carbocycles. The highest BCUT2D eigenvalue weighted by atomic mass is 19.4. The molecule has 0 radical (unpaired) electrons. The van der Waals surface area contributed by atoms with Crippen LogP contribution in [0, 0.1) is 0 Å². The van der Waals surface area contributed by atoms with E-state index in [1.54, 1.807) is 0 Å². The minimum atomic E-state index is -4.21. The standard InChI is InChI=1S/C8H8F3NO/c9-8(10,11)7(3-1-4-7)6-2-5-13-12-6/h2,5H,1,3-4H2. The lowest BCUT2D eigenvalue weighted by Crippen LogP contribution is -2.48. The number of rotatable bonds is 1. The number of halogens is 3. The normalized spacial score (nSPS) is 21.2. The van der Waals surface area contributed by atoms with E-state index in [4.69, 9.17) is 0 Å². The lowest BCUT2D eigenvalue weighted by molar-refractivity contribution is -0.214. The van der Waals surface area contributed by atoms with Gasteiger partial charge in [0.1, 0.15) is 11.7 Å². The van der Waals surface area contributed by atoms with E-state index in [-0.39, 0.29) is 18.5 Å². The Kier molecular flexibility index (Phi) is 1.65. The molecule has 2 rings (SSSR count). The predicted octanol–water partition coefficient (Wildman–Crippen LogP) is 2.66. The first-order valence-electron chi connectivity index (χ1n) is 4.04. The molecule has 13 heavy (non-hydrogen) atoms. The van der Waals surface area contributed by atoms with Gasteiger partial charge in [0.2, 0.25) is 0 Å². The summed E-state index contributed by atoms with van der Waals surface area (Å²) in [4.78, 5) is 0. The summed E-state index contributed by atoms with van der Waals surface area (Å²) in [5, 5.41) is 3.38. The van der Waals surface area contributed by atoms with Gasteiger partial charge in [0, 0.05) is 6.07 Å². The van der Waals surface area contributed by atoms with Crippen LogP contribution < -0.4 is 0 Å². The van der Waals surface area contributed by atoms with Crippen molar-refractivity contribution in [3.05, 3.63) is 18.0 Å². The lowest BCUT2D eigenvalue weighted by Gasteiger charge is -2.41. The van der Waals surface area contributed by atoms with Gasteiger partial charge in [-0.2, -0.15) is 13.2 Å². The van der Waals surface area contributed by atoms with Crippen LogP contribution in [0.4, 0.5) is 13.2 Å². The van der Waals surface area contributed by atoms with Gasteiger partial charge in [-0.15, -0.1) is 0 Å². The molecule has 1 fully saturated rings. The third-order valence-electron chi connectivity index (χ3n) is 2.68. The van der Waals surface area contributed by atoms with Gasteiger partial charge >= 0.3 is 6.18 Å². The molecule has 1 saturated carbocycles. The van der Waals surface area contributed by atoms with Crippen LogP contribution in [0.15, 0.2) is 16.9 Å². The van der Waals surface area contributed by atoms with Gasteiger partial charge in [-0.1, -0.05) is 11.6 Å². The average Bonchev–Trinajstić information content (AvgIpc) is 2.32. The number of alkyl halides is 3. The van der Waals surface area contributed by atoms with Crippen LogP contribution in [-0.4, -0.2) is 11.3 Å². The van der Waals surface area contributed by atoms with E-state index in [1.807, 2.05) is 0 Å². The Morgan fingerprint density at radius 1 is 1.38 bits per heavy atom. The minimum Gasteiger partial charge on any atom is -0.364 e. The first-order valence-corrected chi connectivity index (χ1v) is 4.04. The molecular formula is C8H8F3NO. The van der Waals surface area contributed by atoms with Gasteiger partial charge in [0.05, 0.1) is 5.69 Å². The van der Waals surface area contributed by atoms with Crippen molar-refractivity contribution >= 4 is 0 Å². The van der Waals surface area contributed by atoms with E-state index in [2.05, 4.69) is 9.68 Å². The first-order chi connectivity index (χ1) is 6.06. The molecule has 0 atom stereocenters. The molecule has 2 nitrogen and oxygen atoms in total. The van der Waals surface area contributed by atoms with Crippen molar-refractivity contribution in [2.24, 2.45) is 0 Å². The highest BCUT2D eigenvalue weighted by Crippen LogP contribution is 2.53. The second-order valence-electron chi connectivity index (χ2n) is 3.32. The van der Waals surface area contributed by atoms with Gasteiger partial charge in [0.15, 0.2) is 0 Å². The predicted molar refractivity (Wildman–Crippen MR) is 38.1 cm³/mol. The van der Waals surface area contributed by atoms with Crippen LogP contribution in [0.1, 0.15) is 25.0 Å². The Labute approximate surface area is 72.7 Å². The maximum absolute atomic E-state index is 12.6. The minimum absolute atomic E-state index is 0.0197. The molecule has 0 amide bonds. The highest BCUT2D eigenvalue weighted by molar-refractivity contribution is 5.21. The Morgan fingerprint density at radius 3 is 2.38 bits per heavy atom. The van der Waals surface area contributed by atoms with Gasteiger partial charge in [-0.05, 0) is 12.8 Å². The first kappa shape index (κ1) is 8.59. The largest absolute Gasteiger partial charge is 0.400 e. The van der Waals surface area contributed by atoms with E-state index < -0.39 is 11.6 Å². The van der Waals surface area contributed by atoms with E-state index in [0.717, 1.165) is 0 Å². The topological polar surface area (TPSA) is 26.0 Å². The molecule has 1 aromatic heterocycles. The second kappa shape index (κ2) is 2.49. The Morgan fingerprint density at radius 2 is 2.08 bits per heavy atom. The maximum Gasteiger partial charge on any atom is 0.400 e. The molecule has 0 aliphatic heterocycles. The van der Waals surface area contributed by atoms with Crippen molar-refractivity contribution in [1.82, 2.24) is 5.16 Å². The number of nitrogens with zero attached hydrogens (tertiary/aromatic N) is 1. The summed E-state index contributed by atoms with van der Waals surface area (Å²) in [5.74, 6) is 0. The van der Waals surface area contributed by atoms with Crippen LogP contribution in [-0.2, 0) is 5.41 Å². The molecule has 1 heterocycles. The number of aromatic nitrogens is 1. The third-order valence-corrected chi connectivity index (χ3v) is 2.68. The van der Waals surface area contributed by atoms with Crippen molar-refractivity contribution in [1.29, 1.82) is 0 Å². The molecule has 0 N–H and O–H groups in total. The maximum atomic E-state index is 12.6. The van der Waals surface area contributed by atoms with Gasteiger partial charge in [0.25, 0.3) is 0 Å². The van der Waals surface area contributed by atoms with Crippen molar-refractivity contribution in [3.63, 3.8) is 0 Å². The van der Waals surface area contributed by atoms with Crippen LogP contribution in [0.2, 0.25) is 0 Å². The van der Waals surface area contributed by atoms with Crippen LogP contribution in [0.5, 0.6) is 0 Å². The Hall–Kier alpha value is -1.00. The van der Waals surface area contributed by atoms with Crippen LogP contribution in [0.25, 0.3) is 0 Å². The van der Waals surface area contributed by atoms with Gasteiger partial charge in [-0.3, -0.25) is 0 Å². The summed E-state index contributed by atoms with van der Waals surface area (Å²) in [5.41, 5.74) is -1.70. The lowest BCUT2D eigenvalue weighted by atomic mass is 9.66. The number of hydrogen-bond donors (Lipinski definition) is 0. The van der Waals surface area contributed by atoms with Crippen LogP contribution >= 0.6 is 0 Å². The third kappa shape index (κ3) is 1.06. The van der Waals surface area contributed by atoms with E-state index in [9.17, 15) is 13.2 Å². The average molecular weight is 191 g/mol. The molecule has 0 saturated heterocycles. The summed E-state index contributed by atoms with van der Waals surface area (Å²) >= 11 is 0. The van der Waals surface area contributed by atoms with E-state index in [1.165, 1.54) is 12.3 Å². The van der Waals surface area contributed by atoms with Crippen molar-refractivity contribution < 1.29 is 17.7 Å². The summed E-state index contributed by atoms with van der Waals surface area (Å²) in [7, 11) is 0. The molecule has 1 aliphatic rings. The zero-order chi connectivity index (χ0) is 9.53. The smallest absolute Gasteiger partial charge is 0.364 e. The zero-order valence-corrected chi connectivity index (χ0v) is 6.77. The van der Waals surface area contributed by atoms with Gasteiger partial charge in [-0.25, -0.2) is 0 Å². The SMILES string of the molecule is FC(F)(F)C1(c2ccon2)CCC1. The molecule has 5 heteroatoms. The van der Waals surface area contributed by atoms with Gasteiger partial charge < -0.3 is 4.52 Å². The monoisotopic (exact) mass is 191 g/mol. The molecule has 72 valence electrons. The van der Waals surface area contributed by atoms with Crippen molar-refractivity contribution in [2.75, 3.05) is 0 Å². The summed E-state index contributed by atoms with van der Waals surface area (Å²) in [6.45, 7) is 0. The fraction of sp³-hybridized carbons (Fsp3) is 0.625. The van der Waals surface area contributed by atoms with Crippen molar-refractivity contribution in [2.45, 2.75) is 30.9 Å². The highest BCUT2D eigenvalue weighted by Gasteiger charge is 2.60. The van der Waals surface area contributed by atoms with Crippen molar-refractivity contribution in [3.8, 4) is 0 Å². The molecular weight excluding hydrogens is 183 g/mol. The van der Waals surface area contributed by atoms with Crippen LogP contribution in [0.3, 0.4) is 0 Å². The molecule has 0 spiro atoms. The molecule has 0 unspecified atom stereocenters. The summed E-state index contributed by atoms with van der Waals surface area (Å²) in [6, 6.07) is 1.30. The Balaban J connectivity index is 2.37. The summed E-state index contributed by atoms with van der Waals surface area (Å²) < 4.78 is 42.4.